The van der Waals surface area contributed by atoms with Gasteiger partial charge in [0.15, 0.2) is 5.78 Å². The minimum Gasteiger partial charge on any atom is -0.348 e. The minimum absolute atomic E-state index is 0.0573. The molecule has 1 N–H and O–H groups in total. The molecule has 1 fully saturated rings. The summed E-state index contributed by atoms with van der Waals surface area (Å²) in [6, 6.07) is 17.6. The summed E-state index contributed by atoms with van der Waals surface area (Å²) < 4.78 is 1.89. The Hall–Kier alpha value is -2.88. The van der Waals surface area contributed by atoms with Gasteiger partial charge in [-0.1, -0.05) is 48.5 Å². The van der Waals surface area contributed by atoms with E-state index in [-0.39, 0.29) is 30.2 Å². The van der Waals surface area contributed by atoms with Crippen LogP contribution in [0.2, 0.25) is 0 Å². The number of hydrogen-bond donors (Lipinski definition) is 1. The van der Waals surface area contributed by atoms with E-state index in [9.17, 15) is 9.59 Å². The van der Waals surface area contributed by atoms with E-state index in [2.05, 4.69) is 5.32 Å². The number of hydrogen-bond acceptors (Lipinski definition) is 2. The fraction of sp³-hybridized carbons (Fsp3) is 0.273. The first kappa shape index (κ1) is 16.6. The Kier molecular flexibility index (Phi) is 4.33. The highest BCUT2D eigenvalue weighted by Crippen LogP contribution is 2.35. The fourth-order valence-electron chi connectivity index (χ4n) is 3.41. The third kappa shape index (κ3) is 3.27. The van der Waals surface area contributed by atoms with Gasteiger partial charge in [0.25, 0.3) is 0 Å². The molecule has 0 spiro atoms. The molecular weight excluding hydrogens is 324 g/mol. The van der Waals surface area contributed by atoms with E-state index in [1.54, 1.807) is 0 Å². The molecule has 0 unspecified atom stereocenters. The number of rotatable bonds is 6. The largest absolute Gasteiger partial charge is 0.348 e. The van der Waals surface area contributed by atoms with Crippen LogP contribution < -0.4 is 5.32 Å². The molecule has 0 saturated heterocycles. The van der Waals surface area contributed by atoms with Crippen LogP contribution in [-0.4, -0.2) is 16.3 Å². The molecule has 4 heteroatoms. The van der Waals surface area contributed by atoms with Gasteiger partial charge in [-0.25, -0.2) is 0 Å². The van der Waals surface area contributed by atoms with Crippen LogP contribution in [0.15, 0.2) is 60.8 Å². The minimum atomic E-state index is -0.0625. The summed E-state index contributed by atoms with van der Waals surface area (Å²) in [5, 5.41) is 3.98. The molecule has 1 amide bonds. The Bertz CT molecular complexity index is 955. The Morgan fingerprint density at radius 1 is 1.08 bits per heavy atom. The highest BCUT2D eigenvalue weighted by atomic mass is 16.2. The zero-order valence-electron chi connectivity index (χ0n) is 14.8. The number of carbonyl (C=O) groups is 2. The first-order valence-electron chi connectivity index (χ1n) is 9.10. The molecule has 1 saturated carbocycles. The molecule has 3 aromatic rings. The molecule has 2 aromatic carbocycles. The third-order valence-electron chi connectivity index (χ3n) is 4.99. The zero-order valence-corrected chi connectivity index (χ0v) is 14.8. The van der Waals surface area contributed by atoms with Crippen molar-refractivity contribution in [3.8, 4) is 0 Å². The van der Waals surface area contributed by atoms with Crippen molar-refractivity contribution < 1.29 is 9.59 Å². The first-order valence-corrected chi connectivity index (χ1v) is 9.10. The third-order valence-corrected chi connectivity index (χ3v) is 4.99. The normalized spacial score (nSPS) is 15.0. The lowest BCUT2D eigenvalue weighted by Crippen LogP contribution is -2.29. The van der Waals surface area contributed by atoms with E-state index >= 15 is 0 Å². The second kappa shape index (κ2) is 6.79. The topological polar surface area (TPSA) is 51.1 Å². The van der Waals surface area contributed by atoms with Crippen molar-refractivity contribution >= 4 is 22.6 Å². The maximum atomic E-state index is 12.6. The van der Waals surface area contributed by atoms with Gasteiger partial charge in [-0.05, 0) is 31.4 Å². The molecule has 4 rings (SSSR count). The van der Waals surface area contributed by atoms with Crippen molar-refractivity contribution in [1.82, 2.24) is 9.88 Å². The summed E-state index contributed by atoms with van der Waals surface area (Å²) in [6.07, 6.45) is 3.80. The molecule has 1 atom stereocenters. The van der Waals surface area contributed by atoms with Gasteiger partial charge in [0.05, 0.1) is 6.04 Å². The van der Waals surface area contributed by atoms with Crippen LogP contribution in [0.25, 0.3) is 10.9 Å². The summed E-state index contributed by atoms with van der Waals surface area (Å²) in [5.74, 6) is 0.312. The summed E-state index contributed by atoms with van der Waals surface area (Å²) in [5.41, 5.74) is 2.74. The van der Waals surface area contributed by atoms with Crippen LogP contribution in [0.3, 0.4) is 0 Å². The number of carbonyl (C=O) groups excluding carboxylic acids is 2. The Balaban J connectivity index is 1.55. The molecule has 0 aliphatic heterocycles. The maximum absolute atomic E-state index is 12.6. The van der Waals surface area contributed by atoms with Gasteiger partial charge in [0.1, 0.15) is 6.54 Å². The lowest BCUT2D eigenvalue weighted by molar-refractivity contribution is -0.122. The van der Waals surface area contributed by atoms with Crippen molar-refractivity contribution in [2.75, 3.05) is 0 Å². The van der Waals surface area contributed by atoms with E-state index < -0.39 is 0 Å². The number of ketones is 1. The smallest absolute Gasteiger partial charge is 0.240 e. The molecular formula is C22H22N2O2. The number of benzene rings is 2. The van der Waals surface area contributed by atoms with Crippen molar-refractivity contribution in [1.29, 1.82) is 0 Å². The Labute approximate surface area is 152 Å². The van der Waals surface area contributed by atoms with Crippen LogP contribution >= 0.6 is 0 Å². The Morgan fingerprint density at radius 2 is 1.77 bits per heavy atom. The molecule has 1 aromatic heterocycles. The second-order valence-electron chi connectivity index (χ2n) is 7.03. The lowest BCUT2D eigenvalue weighted by Gasteiger charge is -2.15. The summed E-state index contributed by atoms with van der Waals surface area (Å²) in [4.78, 5) is 25.1. The highest BCUT2D eigenvalue weighted by molar-refractivity contribution is 6.10. The van der Waals surface area contributed by atoms with Crippen LogP contribution in [0.5, 0.6) is 0 Å². The number of amides is 1. The van der Waals surface area contributed by atoms with Crippen LogP contribution in [0.4, 0.5) is 0 Å². The SMILES string of the molecule is C[C@H](NC(=O)Cn1cc(C(=O)C2CC2)c2ccccc21)c1ccccc1. The van der Waals surface area contributed by atoms with Gasteiger partial charge < -0.3 is 9.88 Å². The zero-order chi connectivity index (χ0) is 18.1. The van der Waals surface area contributed by atoms with Gasteiger partial charge in [-0.15, -0.1) is 0 Å². The first-order chi connectivity index (χ1) is 12.6. The molecule has 1 aliphatic carbocycles. The van der Waals surface area contributed by atoms with Gasteiger partial charge >= 0.3 is 0 Å². The van der Waals surface area contributed by atoms with E-state index in [1.807, 2.05) is 72.3 Å². The average Bonchev–Trinajstić information content (AvgIpc) is 3.45. The molecule has 26 heavy (non-hydrogen) atoms. The second-order valence-corrected chi connectivity index (χ2v) is 7.03. The number of nitrogens with zero attached hydrogens (tertiary/aromatic N) is 1. The quantitative estimate of drug-likeness (QED) is 0.683. The van der Waals surface area contributed by atoms with Gasteiger partial charge in [-0.3, -0.25) is 9.59 Å². The van der Waals surface area contributed by atoms with Crippen molar-refractivity contribution in [2.24, 2.45) is 5.92 Å². The van der Waals surface area contributed by atoms with Gasteiger partial charge in [0, 0.05) is 28.6 Å². The van der Waals surface area contributed by atoms with Crippen molar-refractivity contribution in [2.45, 2.75) is 32.4 Å². The molecule has 0 radical (unpaired) electrons. The summed E-state index contributed by atoms with van der Waals surface area (Å²) in [6.45, 7) is 2.18. The van der Waals surface area contributed by atoms with E-state index in [4.69, 9.17) is 0 Å². The number of fused-ring (bicyclic) bond motifs is 1. The van der Waals surface area contributed by atoms with Gasteiger partial charge in [-0.2, -0.15) is 0 Å². The van der Waals surface area contributed by atoms with E-state index in [0.717, 1.165) is 34.9 Å². The number of nitrogens with one attached hydrogen (secondary N) is 1. The number of Topliss-reactive ketones (excluding diaryl/α,β-unsaturated/α-hetero) is 1. The van der Waals surface area contributed by atoms with Crippen LogP contribution in [0.1, 0.15) is 41.7 Å². The molecule has 1 heterocycles. The summed E-state index contributed by atoms with van der Waals surface area (Å²) >= 11 is 0. The predicted molar refractivity (Wildman–Crippen MR) is 102 cm³/mol. The predicted octanol–water partition coefficient (Wildman–Crippen LogP) is 4.11. The maximum Gasteiger partial charge on any atom is 0.240 e. The van der Waals surface area contributed by atoms with Crippen LogP contribution in [0, 0.1) is 5.92 Å². The highest BCUT2D eigenvalue weighted by Gasteiger charge is 2.32. The molecule has 4 nitrogen and oxygen atoms in total. The monoisotopic (exact) mass is 346 g/mol. The van der Waals surface area contributed by atoms with E-state index in [0.29, 0.717) is 0 Å². The summed E-state index contributed by atoms with van der Waals surface area (Å²) in [7, 11) is 0. The van der Waals surface area contributed by atoms with Crippen molar-refractivity contribution in [3.63, 3.8) is 0 Å². The molecule has 132 valence electrons. The number of para-hydroxylation sites is 1. The van der Waals surface area contributed by atoms with Crippen molar-refractivity contribution in [3.05, 3.63) is 71.9 Å². The lowest BCUT2D eigenvalue weighted by atomic mass is 10.1. The fourth-order valence-corrected chi connectivity index (χ4v) is 3.41. The number of aromatic nitrogens is 1. The van der Waals surface area contributed by atoms with Crippen LogP contribution in [-0.2, 0) is 11.3 Å². The molecule has 1 aliphatic rings. The van der Waals surface area contributed by atoms with Gasteiger partial charge in [0.2, 0.25) is 5.91 Å². The Morgan fingerprint density at radius 3 is 2.50 bits per heavy atom. The average molecular weight is 346 g/mol. The van der Waals surface area contributed by atoms with E-state index in [1.165, 1.54) is 0 Å². The standard InChI is InChI=1S/C22H22N2O2/c1-15(16-7-3-2-4-8-16)23-21(25)14-24-13-19(22(26)17-11-12-17)18-9-5-6-10-20(18)24/h2-10,13,15,17H,11-12,14H2,1H3,(H,23,25)/t15-/m0/s1. The molecule has 0 bridgehead atoms.